The maximum Gasteiger partial charge on any atom is 0.295 e. The van der Waals surface area contributed by atoms with E-state index in [0.717, 1.165) is 0 Å². The minimum atomic E-state index is -0.209. The van der Waals surface area contributed by atoms with Crippen molar-refractivity contribution in [2.75, 3.05) is 12.4 Å². The van der Waals surface area contributed by atoms with Gasteiger partial charge in [0.05, 0.1) is 10.9 Å². The molecule has 0 unspecified atom stereocenters. The van der Waals surface area contributed by atoms with Crippen molar-refractivity contribution in [3.05, 3.63) is 59.9 Å². The monoisotopic (exact) mass is 274 g/mol. The van der Waals surface area contributed by atoms with E-state index in [1.165, 1.54) is 16.5 Å². The second-order valence-corrected chi connectivity index (χ2v) is 4.68. The Morgan fingerprint density at radius 2 is 2.11 bits per heavy atom. The van der Waals surface area contributed by atoms with Crippen LogP contribution in [-0.2, 0) is 0 Å². The van der Waals surface area contributed by atoms with Gasteiger partial charge < -0.3 is 4.84 Å². The SMILES string of the molecule is C=CCOn1c(SCC=C)nc2ccccc2c1=O. The summed E-state index contributed by atoms with van der Waals surface area (Å²) in [5.41, 5.74) is 0.455. The zero-order valence-corrected chi connectivity index (χ0v) is 11.2. The van der Waals surface area contributed by atoms with E-state index in [4.69, 9.17) is 4.84 Å². The number of rotatable bonds is 6. The standard InChI is InChI=1S/C14H14N2O2S/c1-3-9-18-16-13(17)11-7-5-6-8-12(11)15-14(16)19-10-4-2/h3-8H,1-2,9-10H2. The summed E-state index contributed by atoms with van der Waals surface area (Å²) < 4.78 is 1.22. The summed E-state index contributed by atoms with van der Waals surface area (Å²) in [5, 5.41) is 1.06. The first kappa shape index (κ1) is 13.4. The smallest absolute Gasteiger partial charge is 0.295 e. The Labute approximate surface area is 115 Å². The van der Waals surface area contributed by atoms with Gasteiger partial charge in [0.2, 0.25) is 5.16 Å². The van der Waals surface area contributed by atoms with E-state index in [2.05, 4.69) is 18.1 Å². The molecule has 0 amide bonds. The molecule has 2 aromatic rings. The minimum absolute atomic E-state index is 0.209. The first-order valence-corrected chi connectivity index (χ1v) is 6.76. The molecule has 5 heteroatoms. The Kier molecular flexibility index (Phi) is 4.41. The van der Waals surface area contributed by atoms with Crippen molar-refractivity contribution in [2.45, 2.75) is 5.16 Å². The molecule has 0 aliphatic rings. The van der Waals surface area contributed by atoms with Crippen LogP contribution in [-0.4, -0.2) is 22.1 Å². The normalized spacial score (nSPS) is 10.3. The van der Waals surface area contributed by atoms with Crippen LogP contribution in [0.15, 0.2) is 59.5 Å². The average molecular weight is 274 g/mol. The van der Waals surface area contributed by atoms with Crippen LogP contribution in [0.5, 0.6) is 0 Å². The van der Waals surface area contributed by atoms with Gasteiger partial charge in [-0.2, -0.15) is 0 Å². The molecule has 0 bridgehead atoms. The van der Waals surface area contributed by atoms with Crippen molar-refractivity contribution in [3.63, 3.8) is 0 Å². The summed E-state index contributed by atoms with van der Waals surface area (Å²) in [7, 11) is 0. The molecule has 1 aromatic heterocycles. The number of hydrogen-bond donors (Lipinski definition) is 0. The van der Waals surface area contributed by atoms with Crippen LogP contribution < -0.4 is 10.4 Å². The van der Waals surface area contributed by atoms with Gasteiger partial charge >= 0.3 is 0 Å². The van der Waals surface area contributed by atoms with Gasteiger partial charge in [-0.1, -0.05) is 42.6 Å². The molecular formula is C14H14N2O2S. The van der Waals surface area contributed by atoms with Gasteiger partial charge in [0.1, 0.15) is 6.61 Å². The molecule has 0 fully saturated rings. The maximum atomic E-state index is 12.3. The van der Waals surface area contributed by atoms with Crippen LogP contribution in [0.3, 0.4) is 0 Å². The molecular weight excluding hydrogens is 260 g/mol. The number of hydrogen-bond acceptors (Lipinski definition) is 4. The Morgan fingerprint density at radius 3 is 2.84 bits per heavy atom. The fourth-order valence-corrected chi connectivity index (χ4v) is 2.24. The summed E-state index contributed by atoms with van der Waals surface area (Å²) in [4.78, 5) is 22.2. The first-order valence-electron chi connectivity index (χ1n) is 5.77. The lowest BCUT2D eigenvalue weighted by Crippen LogP contribution is -2.29. The summed E-state index contributed by atoms with van der Waals surface area (Å²) in [6.45, 7) is 7.49. The summed E-state index contributed by atoms with van der Waals surface area (Å²) in [5.74, 6) is 0.655. The topological polar surface area (TPSA) is 44.1 Å². The molecule has 0 aliphatic heterocycles. The molecule has 19 heavy (non-hydrogen) atoms. The van der Waals surface area contributed by atoms with Gasteiger partial charge in [0.25, 0.3) is 5.56 Å². The van der Waals surface area contributed by atoms with Gasteiger partial charge in [-0.15, -0.1) is 11.3 Å². The second kappa shape index (κ2) is 6.24. The third-order valence-electron chi connectivity index (χ3n) is 2.36. The number of para-hydroxylation sites is 1. The van der Waals surface area contributed by atoms with E-state index < -0.39 is 0 Å². The van der Waals surface area contributed by atoms with E-state index >= 15 is 0 Å². The van der Waals surface area contributed by atoms with Crippen molar-refractivity contribution in [1.29, 1.82) is 0 Å². The number of thioether (sulfide) groups is 1. The zero-order chi connectivity index (χ0) is 13.7. The molecule has 4 nitrogen and oxygen atoms in total. The lowest BCUT2D eigenvalue weighted by molar-refractivity contribution is 0.102. The highest BCUT2D eigenvalue weighted by Crippen LogP contribution is 2.16. The zero-order valence-electron chi connectivity index (χ0n) is 10.4. The quantitative estimate of drug-likeness (QED) is 0.460. The number of benzene rings is 1. The average Bonchev–Trinajstić information content (AvgIpc) is 2.44. The van der Waals surface area contributed by atoms with Crippen LogP contribution in [0.25, 0.3) is 10.9 Å². The van der Waals surface area contributed by atoms with Crippen molar-refractivity contribution in [2.24, 2.45) is 0 Å². The van der Waals surface area contributed by atoms with Gasteiger partial charge in [-0.3, -0.25) is 4.79 Å². The van der Waals surface area contributed by atoms with Crippen molar-refractivity contribution in [3.8, 4) is 0 Å². The molecule has 2 rings (SSSR count). The largest absolute Gasteiger partial charge is 0.404 e. The fourth-order valence-electron chi connectivity index (χ4n) is 1.56. The van der Waals surface area contributed by atoms with E-state index in [-0.39, 0.29) is 12.2 Å². The molecule has 0 saturated carbocycles. The Morgan fingerprint density at radius 1 is 1.32 bits per heavy atom. The summed E-state index contributed by atoms with van der Waals surface area (Å²) in [6, 6.07) is 7.21. The highest BCUT2D eigenvalue weighted by molar-refractivity contribution is 7.99. The molecule has 1 heterocycles. The van der Waals surface area contributed by atoms with Crippen LogP contribution in [0, 0.1) is 0 Å². The lowest BCUT2D eigenvalue weighted by atomic mass is 10.2. The number of fused-ring (bicyclic) bond motifs is 1. The highest BCUT2D eigenvalue weighted by Gasteiger charge is 2.11. The van der Waals surface area contributed by atoms with E-state index in [1.807, 2.05) is 12.1 Å². The van der Waals surface area contributed by atoms with Gasteiger partial charge in [-0.25, -0.2) is 4.98 Å². The number of nitrogens with zero attached hydrogens (tertiary/aromatic N) is 2. The summed E-state index contributed by atoms with van der Waals surface area (Å²) >= 11 is 1.40. The summed E-state index contributed by atoms with van der Waals surface area (Å²) in [6.07, 6.45) is 3.34. The van der Waals surface area contributed by atoms with Crippen LogP contribution in [0.2, 0.25) is 0 Å². The molecule has 98 valence electrons. The van der Waals surface area contributed by atoms with Crippen LogP contribution in [0.4, 0.5) is 0 Å². The van der Waals surface area contributed by atoms with E-state index in [0.29, 0.717) is 21.8 Å². The lowest BCUT2D eigenvalue weighted by Gasteiger charge is -2.11. The maximum absolute atomic E-state index is 12.3. The van der Waals surface area contributed by atoms with E-state index in [9.17, 15) is 4.79 Å². The predicted octanol–water partition coefficient (Wildman–Crippen LogP) is 2.29. The molecule has 0 N–H and O–H groups in total. The Hall–Kier alpha value is -2.01. The molecule has 0 aliphatic carbocycles. The van der Waals surface area contributed by atoms with Crippen LogP contribution >= 0.6 is 11.8 Å². The second-order valence-electron chi connectivity index (χ2n) is 3.70. The van der Waals surface area contributed by atoms with Crippen molar-refractivity contribution < 1.29 is 4.84 Å². The van der Waals surface area contributed by atoms with Crippen molar-refractivity contribution in [1.82, 2.24) is 9.71 Å². The Bertz CT molecular complexity index is 664. The minimum Gasteiger partial charge on any atom is -0.404 e. The fraction of sp³-hybridized carbons (Fsp3) is 0.143. The predicted molar refractivity (Wildman–Crippen MR) is 78.6 cm³/mol. The van der Waals surface area contributed by atoms with Gasteiger partial charge in [-0.05, 0) is 12.1 Å². The highest BCUT2D eigenvalue weighted by atomic mass is 32.2. The number of aromatic nitrogens is 2. The molecule has 0 atom stereocenters. The molecule has 0 spiro atoms. The van der Waals surface area contributed by atoms with Crippen LogP contribution in [0.1, 0.15) is 0 Å². The molecule has 0 saturated heterocycles. The van der Waals surface area contributed by atoms with Gasteiger partial charge in [0.15, 0.2) is 0 Å². The molecule has 0 radical (unpaired) electrons. The van der Waals surface area contributed by atoms with Crippen molar-refractivity contribution >= 4 is 22.7 Å². The Balaban J connectivity index is 2.58. The third kappa shape index (κ3) is 2.88. The molecule has 1 aromatic carbocycles. The first-order chi connectivity index (χ1) is 9.27. The third-order valence-corrected chi connectivity index (χ3v) is 3.28. The van der Waals surface area contributed by atoms with Gasteiger partial charge in [0, 0.05) is 5.75 Å². The van der Waals surface area contributed by atoms with E-state index in [1.54, 1.807) is 24.3 Å².